The van der Waals surface area contributed by atoms with Gasteiger partial charge >= 0.3 is 0 Å². The Morgan fingerprint density at radius 1 is 1.17 bits per heavy atom. The summed E-state index contributed by atoms with van der Waals surface area (Å²) in [5, 5.41) is 2.90. The van der Waals surface area contributed by atoms with Crippen molar-refractivity contribution in [1.82, 2.24) is 9.88 Å². The molecule has 1 saturated heterocycles. The Morgan fingerprint density at radius 2 is 1.87 bits per heavy atom. The molecule has 3 rings (SSSR count). The number of amides is 1. The van der Waals surface area contributed by atoms with E-state index in [0.29, 0.717) is 18.0 Å². The van der Waals surface area contributed by atoms with Crippen molar-refractivity contribution in [1.29, 1.82) is 0 Å². The van der Waals surface area contributed by atoms with Crippen molar-refractivity contribution in [2.24, 2.45) is 0 Å². The zero-order valence-corrected chi connectivity index (χ0v) is 14.8. The molecule has 2 heterocycles. The van der Waals surface area contributed by atoms with Crippen LogP contribution in [0.3, 0.4) is 0 Å². The second-order valence-corrected chi connectivity index (χ2v) is 9.25. The van der Waals surface area contributed by atoms with Crippen LogP contribution in [0.4, 0.5) is 0 Å². The Morgan fingerprint density at radius 3 is 2.48 bits per heavy atom. The molecule has 1 saturated carbocycles. The van der Waals surface area contributed by atoms with Crippen molar-refractivity contribution in [3.05, 3.63) is 23.0 Å². The highest BCUT2D eigenvalue weighted by Crippen LogP contribution is 2.32. The average molecular weight is 338 g/mol. The van der Waals surface area contributed by atoms with E-state index < -0.39 is 9.84 Å². The molecule has 1 amide bonds. The first kappa shape index (κ1) is 16.6. The normalized spacial score (nSPS) is 24.7. The smallest absolute Gasteiger partial charge is 0.253 e. The first-order valence-corrected chi connectivity index (χ1v) is 10.4. The van der Waals surface area contributed by atoms with Crippen LogP contribution in [0.2, 0.25) is 0 Å². The molecule has 1 N–H and O–H groups in total. The second-order valence-electron chi connectivity index (χ2n) is 7.02. The minimum absolute atomic E-state index is 0.0695. The van der Waals surface area contributed by atoms with Gasteiger partial charge in [0.25, 0.3) is 5.91 Å². The van der Waals surface area contributed by atoms with Gasteiger partial charge in [-0.3, -0.25) is 4.79 Å². The van der Waals surface area contributed by atoms with Crippen LogP contribution in [0, 0.1) is 13.8 Å². The first-order chi connectivity index (χ1) is 10.9. The number of nitrogens with zero attached hydrogens (tertiary/aromatic N) is 1. The summed E-state index contributed by atoms with van der Waals surface area (Å²) in [4.78, 5) is 12.6. The summed E-state index contributed by atoms with van der Waals surface area (Å²) in [5.74, 6) is 0.112. The van der Waals surface area contributed by atoms with Gasteiger partial charge in [-0.05, 0) is 39.2 Å². The van der Waals surface area contributed by atoms with Crippen molar-refractivity contribution in [3.63, 3.8) is 0 Å². The van der Waals surface area contributed by atoms with Crippen molar-refractivity contribution < 1.29 is 13.2 Å². The van der Waals surface area contributed by atoms with Gasteiger partial charge in [0.15, 0.2) is 9.84 Å². The Labute approximate surface area is 138 Å². The van der Waals surface area contributed by atoms with Gasteiger partial charge in [0, 0.05) is 23.5 Å². The summed E-state index contributed by atoms with van der Waals surface area (Å²) in [5.41, 5.74) is 2.82. The van der Waals surface area contributed by atoms with E-state index in [9.17, 15) is 13.2 Å². The predicted molar refractivity (Wildman–Crippen MR) is 90.6 cm³/mol. The Kier molecular flexibility index (Phi) is 4.54. The molecule has 6 heteroatoms. The number of carbonyl (C=O) groups is 1. The summed E-state index contributed by atoms with van der Waals surface area (Å²) < 4.78 is 25.4. The minimum atomic E-state index is -2.97. The fourth-order valence-electron chi connectivity index (χ4n) is 4.08. The van der Waals surface area contributed by atoms with Gasteiger partial charge in [-0.15, -0.1) is 0 Å². The maximum atomic E-state index is 12.6. The van der Waals surface area contributed by atoms with E-state index in [0.717, 1.165) is 11.4 Å². The standard InChI is InChI=1S/C17H26N2O3S/c1-12-10-16(13(2)19(12)15-6-4-3-5-7-15)17(20)18-14-8-9-23(21,22)11-14/h10,14-15H,3-9,11H2,1-2H3,(H,18,20)/t14-/m1/s1. The number of rotatable bonds is 3. The highest BCUT2D eigenvalue weighted by Gasteiger charge is 2.30. The molecule has 1 aromatic heterocycles. The van der Waals surface area contributed by atoms with E-state index in [1.807, 2.05) is 13.0 Å². The third-order valence-corrected chi connectivity index (χ3v) is 7.00. The van der Waals surface area contributed by atoms with Crippen molar-refractivity contribution in [3.8, 4) is 0 Å². The molecule has 1 aliphatic carbocycles. The number of nitrogens with one attached hydrogen (secondary N) is 1. The van der Waals surface area contributed by atoms with Gasteiger partial charge in [-0.1, -0.05) is 19.3 Å². The van der Waals surface area contributed by atoms with Crippen LogP contribution in [-0.4, -0.2) is 36.4 Å². The number of carbonyl (C=O) groups excluding carboxylic acids is 1. The zero-order valence-electron chi connectivity index (χ0n) is 14.0. The van der Waals surface area contributed by atoms with E-state index in [2.05, 4.69) is 16.8 Å². The van der Waals surface area contributed by atoms with Gasteiger partial charge < -0.3 is 9.88 Å². The average Bonchev–Trinajstić information content (AvgIpc) is 2.99. The predicted octanol–water partition coefficient (Wildman–Crippen LogP) is 2.53. The molecular formula is C17H26N2O3S. The van der Waals surface area contributed by atoms with E-state index in [-0.39, 0.29) is 23.5 Å². The van der Waals surface area contributed by atoms with E-state index >= 15 is 0 Å². The highest BCUT2D eigenvalue weighted by atomic mass is 32.2. The van der Waals surface area contributed by atoms with Gasteiger partial charge in [0.2, 0.25) is 0 Å². The molecule has 0 bridgehead atoms. The molecule has 5 nitrogen and oxygen atoms in total. The molecule has 0 spiro atoms. The monoisotopic (exact) mass is 338 g/mol. The molecule has 2 aliphatic rings. The van der Waals surface area contributed by atoms with E-state index in [1.54, 1.807) is 0 Å². The molecule has 2 fully saturated rings. The summed E-state index contributed by atoms with van der Waals surface area (Å²) in [6.45, 7) is 4.06. The third-order valence-electron chi connectivity index (χ3n) is 5.24. The molecule has 23 heavy (non-hydrogen) atoms. The molecule has 1 atom stereocenters. The van der Waals surface area contributed by atoms with Crippen LogP contribution >= 0.6 is 0 Å². The topological polar surface area (TPSA) is 68.2 Å². The number of hydrogen-bond donors (Lipinski definition) is 1. The fourth-order valence-corrected chi connectivity index (χ4v) is 5.75. The number of aryl methyl sites for hydroxylation is 1. The quantitative estimate of drug-likeness (QED) is 0.921. The molecule has 0 radical (unpaired) electrons. The van der Waals surface area contributed by atoms with Crippen LogP contribution in [-0.2, 0) is 9.84 Å². The lowest BCUT2D eigenvalue weighted by Crippen LogP contribution is -2.35. The van der Waals surface area contributed by atoms with Gasteiger partial charge in [-0.25, -0.2) is 8.42 Å². The molecular weight excluding hydrogens is 312 g/mol. The summed E-state index contributed by atoms with van der Waals surface area (Å²) in [6, 6.07) is 2.20. The van der Waals surface area contributed by atoms with E-state index in [4.69, 9.17) is 0 Å². The van der Waals surface area contributed by atoms with Crippen LogP contribution in [0.1, 0.15) is 66.3 Å². The highest BCUT2D eigenvalue weighted by molar-refractivity contribution is 7.91. The molecule has 1 aliphatic heterocycles. The first-order valence-electron chi connectivity index (χ1n) is 8.57. The maximum absolute atomic E-state index is 12.6. The van der Waals surface area contributed by atoms with Crippen molar-refractivity contribution in [2.75, 3.05) is 11.5 Å². The van der Waals surface area contributed by atoms with Crippen LogP contribution < -0.4 is 5.32 Å². The summed E-state index contributed by atoms with van der Waals surface area (Å²) in [6.07, 6.45) is 6.69. The molecule has 1 aromatic rings. The Hall–Kier alpha value is -1.30. The van der Waals surface area contributed by atoms with Gasteiger partial charge in [0.1, 0.15) is 0 Å². The van der Waals surface area contributed by atoms with Crippen molar-refractivity contribution in [2.45, 2.75) is 64.5 Å². The largest absolute Gasteiger partial charge is 0.348 e. The number of sulfone groups is 1. The SMILES string of the molecule is Cc1cc(C(=O)N[C@@H]2CCS(=O)(=O)C2)c(C)n1C1CCCCC1. The van der Waals surface area contributed by atoms with Crippen LogP contribution in [0.15, 0.2) is 6.07 Å². The maximum Gasteiger partial charge on any atom is 0.253 e. The lowest BCUT2D eigenvalue weighted by atomic mass is 9.95. The number of hydrogen-bond acceptors (Lipinski definition) is 3. The van der Waals surface area contributed by atoms with E-state index in [1.165, 1.54) is 32.1 Å². The minimum Gasteiger partial charge on any atom is -0.348 e. The summed E-state index contributed by atoms with van der Waals surface area (Å²) in [7, 11) is -2.97. The number of aromatic nitrogens is 1. The van der Waals surface area contributed by atoms with Gasteiger partial charge in [-0.2, -0.15) is 0 Å². The molecule has 0 unspecified atom stereocenters. The third kappa shape index (κ3) is 3.47. The lowest BCUT2D eigenvalue weighted by molar-refractivity contribution is 0.0940. The Bertz CT molecular complexity index is 700. The van der Waals surface area contributed by atoms with Crippen LogP contribution in [0.5, 0.6) is 0 Å². The Balaban J connectivity index is 1.76. The molecule has 0 aromatic carbocycles. The summed E-state index contributed by atoms with van der Waals surface area (Å²) >= 11 is 0. The second kappa shape index (κ2) is 6.30. The van der Waals surface area contributed by atoms with Gasteiger partial charge in [0.05, 0.1) is 17.1 Å². The zero-order chi connectivity index (χ0) is 16.6. The van der Waals surface area contributed by atoms with Crippen LogP contribution in [0.25, 0.3) is 0 Å². The molecule has 128 valence electrons. The fraction of sp³-hybridized carbons (Fsp3) is 0.706. The lowest BCUT2D eigenvalue weighted by Gasteiger charge is -2.26. The van der Waals surface area contributed by atoms with Crippen molar-refractivity contribution >= 4 is 15.7 Å².